The molecule has 0 spiro atoms. The summed E-state index contributed by atoms with van der Waals surface area (Å²) < 4.78 is 20.5. The molecule has 0 amide bonds. The molecular weight excluding hydrogens is 128 g/mol. The van der Waals surface area contributed by atoms with Crippen LogP contribution in [0.1, 0.15) is 0 Å². The molecule has 0 aliphatic carbocycles. The van der Waals surface area contributed by atoms with Crippen LogP contribution < -0.4 is 11.1 Å². The fraction of sp³-hybridized carbons (Fsp3) is 1.00. The Morgan fingerprint density at radius 1 is 1.62 bits per heavy atom. The Morgan fingerprint density at radius 2 is 2.12 bits per heavy atom. The minimum Gasteiger partial charge on any atom is -0.318 e. The number of hydrogen-bond acceptors (Lipinski definition) is 4. The molecular formula is C3H10N2O2S. The molecule has 3 N–H and O–H groups in total. The zero-order chi connectivity index (χ0) is 6.62. The maximum Gasteiger partial charge on any atom is 0.160 e. The lowest BCUT2D eigenvalue weighted by atomic mass is 11.1. The molecule has 0 rings (SSSR count). The highest BCUT2D eigenvalue weighted by Crippen LogP contribution is 1.73. The summed E-state index contributed by atoms with van der Waals surface area (Å²) in [7, 11) is -2.88. The van der Waals surface area contributed by atoms with E-state index in [2.05, 4.69) is 5.32 Å². The monoisotopic (exact) mass is 138 g/mol. The van der Waals surface area contributed by atoms with Gasteiger partial charge in [-0.05, 0) is 0 Å². The van der Waals surface area contributed by atoms with Crippen LogP contribution in [0.4, 0.5) is 0 Å². The van der Waals surface area contributed by atoms with E-state index in [9.17, 15) is 8.42 Å². The van der Waals surface area contributed by atoms with Crippen LogP contribution in [0.25, 0.3) is 0 Å². The predicted octanol–water partition coefficient (Wildman–Crippen LogP) is -1.51. The van der Waals surface area contributed by atoms with Gasteiger partial charge in [0.15, 0.2) is 9.84 Å². The molecule has 50 valence electrons. The highest BCUT2D eigenvalue weighted by Gasteiger charge is 1.96. The van der Waals surface area contributed by atoms with Crippen LogP contribution in [0, 0.1) is 0 Å². The van der Waals surface area contributed by atoms with Crippen LogP contribution in [-0.2, 0) is 9.84 Å². The fourth-order valence-electron chi connectivity index (χ4n) is 0.244. The molecule has 0 aromatic heterocycles. The van der Waals surface area contributed by atoms with Gasteiger partial charge in [-0.25, -0.2) is 8.42 Å². The van der Waals surface area contributed by atoms with Gasteiger partial charge in [-0.15, -0.1) is 0 Å². The Balaban J connectivity index is 3.42. The number of hydrogen-bond donors (Lipinski definition) is 2. The van der Waals surface area contributed by atoms with E-state index < -0.39 is 9.84 Å². The van der Waals surface area contributed by atoms with E-state index in [1.807, 2.05) is 0 Å². The Labute approximate surface area is 49.0 Å². The average molecular weight is 138 g/mol. The highest BCUT2D eigenvalue weighted by molar-refractivity contribution is 7.90. The average Bonchev–Trinajstić information content (AvgIpc) is 1.59. The van der Waals surface area contributed by atoms with Gasteiger partial charge in [0.05, 0.1) is 5.88 Å². The maximum absolute atomic E-state index is 10.3. The second-order valence-electron chi connectivity index (χ2n) is 1.52. The van der Waals surface area contributed by atoms with Crippen molar-refractivity contribution in [2.45, 2.75) is 0 Å². The molecule has 0 fully saturated rings. The van der Waals surface area contributed by atoms with E-state index >= 15 is 0 Å². The van der Waals surface area contributed by atoms with E-state index in [0.717, 1.165) is 6.26 Å². The fourth-order valence-corrected chi connectivity index (χ4v) is 0.733. The second kappa shape index (κ2) is 3.01. The zero-order valence-corrected chi connectivity index (χ0v) is 5.53. The Hall–Kier alpha value is -0.130. The third-order valence-corrected chi connectivity index (χ3v) is 1.24. The van der Waals surface area contributed by atoms with Gasteiger partial charge in [-0.2, -0.15) is 0 Å². The molecule has 0 aromatic rings. The Bertz CT molecular complexity index is 139. The molecule has 0 unspecified atom stereocenters. The van der Waals surface area contributed by atoms with Gasteiger partial charge in [0.1, 0.15) is 0 Å². The van der Waals surface area contributed by atoms with Gasteiger partial charge in [0.2, 0.25) is 0 Å². The van der Waals surface area contributed by atoms with Crippen LogP contribution in [0.2, 0.25) is 0 Å². The van der Waals surface area contributed by atoms with Crippen LogP contribution >= 0.6 is 0 Å². The molecule has 8 heavy (non-hydrogen) atoms. The topological polar surface area (TPSA) is 72.2 Å². The van der Waals surface area contributed by atoms with Crippen LogP contribution in [0.3, 0.4) is 0 Å². The number of rotatable bonds is 3. The zero-order valence-electron chi connectivity index (χ0n) is 4.72. The molecule has 0 saturated carbocycles. The molecule has 5 heteroatoms. The van der Waals surface area contributed by atoms with E-state index in [1.54, 1.807) is 0 Å². The largest absolute Gasteiger partial charge is 0.318 e. The van der Waals surface area contributed by atoms with Crippen molar-refractivity contribution < 1.29 is 8.42 Å². The summed E-state index contributed by atoms with van der Waals surface area (Å²) in [5, 5.41) is 2.48. The lowest BCUT2D eigenvalue weighted by Crippen LogP contribution is -2.27. The smallest absolute Gasteiger partial charge is 0.160 e. The van der Waals surface area contributed by atoms with Gasteiger partial charge < -0.3 is 5.73 Å². The molecule has 0 aromatic carbocycles. The summed E-state index contributed by atoms with van der Waals surface area (Å²) in [5.41, 5.74) is 4.96. The van der Waals surface area contributed by atoms with Crippen molar-refractivity contribution in [2.75, 3.05) is 18.8 Å². The minimum atomic E-state index is -2.88. The summed E-state index contributed by atoms with van der Waals surface area (Å²) in [4.78, 5) is 0. The Kier molecular flexibility index (Phi) is 2.96. The molecule has 0 radical (unpaired) electrons. The lowest BCUT2D eigenvalue weighted by Gasteiger charge is -1.95. The van der Waals surface area contributed by atoms with E-state index in [4.69, 9.17) is 5.73 Å². The first kappa shape index (κ1) is 7.87. The van der Waals surface area contributed by atoms with E-state index in [-0.39, 0.29) is 12.5 Å². The van der Waals surface area contributed by atoms with E-state index in [1.165, 1.54) is 0 Å². The first-order valence-corrected chi connectivity index (χ1v) is 4.21. The molecule has 0 aliphatic rings. The van der Waals surface area contributed by atoms with Crippen molar-refractivity contribution in [3.8, 4) is 0 Å². The molecule has 0 bridgehead atoms. The quantitative estimate of drug-likeness (QED) is 0.465. The molecule has 0 saturated heterocycles. The van der Waals surface area contributed by atoms with Crippen molar-refractivity contribution in [3.63, 3.8) is 0 Å². The lowest BCUT2D eigenvalue weighted by molar-refractivity contribution is 0.593. The normalized spacial score (nSPS) is 11.8. The van der Waals surface area contributed by atoms with Crippen molar-refractivity contribution in [2.24, 2.45) is 5.73 Å². The van der Waals surface area contributed by atoms with E-state index in [0.29, 0.717) is 0 Å². The van der Waals surface area contributed by atoms with Gasteiger partial charge in [-0.3, -0.25) is 5.32 Å². The first-order chi connectivity index (χ1) is 3.56. The summed E-state index contributed by atoms with van der Waals surface area (Å²) in [5.74, 6) is -0.0382. The third-order valence-electron chi connectivity index (χ3n) is 0.509. The predicted molar refractivity (Wildman–Crippen MR) is 31.9 cm³/mol. The second-order valence-corrected chi connectivity index (χ2v) is 3.66. The molecule has 0 heterocycles. The van der Waals surface area contributed by atoms with Gasteiger partial charge in [0, 0.05) is 12.9 Å². The summed E-state index contributed by atoms with van der Waals surface area (Å²) >= 11 is 0. The van der Waals surface area contributed by atoms with Gasteiger partial charge in [-0.1, -0.05) is 0 Å². The van der Waals surface area contributed by atoms with Gasteiger partial charge >= 0.3 is 0 Å². The maximum atomic E-state index is 10.3. The van der Waals surface area contributed by atoms with Crippen LogP contribution in [-0.4, -0.2) is 27.2 Å². The highest BCUT2D eigenvalue weighted by atomic mass is 32.2. The van der Waals surface area contributed by atoms with Crippen LogP contribution in [0.15, 0.2) is 0 Å². The molecule has 0 atom stereocenters. The summed E-state index contributed by atoms with van der Waals surface area (Å²) in [6.07, 6.45) is 1.15. The number of sulfone groups is 1. The Morgan fingerprint density at radius 3 is 2.25 bits per heavy atom. The van der Waals surface area contributed by atoms with Crippen molar-refractivity contribution >= 4 is 9.84 Å². The molecule has 4 nitrogen and oxygen atoms in total. The standard InChI is InChI=1S/C3H10N2O2S/c1-8(6,7)3-5-2-4/h5H,2-4H2,1H3. The first-order valence-electron chi connectivity index (χ1n) is 2.15. The molecule has 0 aliphatic heterocycles. The number of nitrogens with two attached hydrogens (primary N) is 1. The SMILES string of the molecule is CS(=O)(=O)CNCN. The third kappa shape index (κ3) is 5.87. The van der Waals surface area contributed by atoms with Crippen molar-refractivity contribution in [3.05, 3.63) is 0 Å². The minimum absolute atomic E-state index is 0.0382. The summed E-state index contributed by atoms with van der Waals surface area (Å²) in [6.45, 7) is 0.201. The summed E-state index contributed by atoms with van der Waals surface area (Å²) in [6, 6.07) is 0. The van der Waals surface area contributed by atoms with Gasteiger partial charge in [0.25, 0.3) is 0 Å². The van der Waals surface area contributed by atoms with Crippen molar-refractivity contribution in [1.82, 2.24) is 5.32 Å². The van der Waals surface area contributed by atoms with Crippen molar-refractivity contribution in [1.29, 1.82) is 0 Å². The van der Waals surface area contributed by atoms with Crippen LogP contribution in [0.5, 0.6) is 0 Å². The number of nitrogens with one attached hydrogen (secondary N) is 1.